The van der Waals surface area contributed by atoms with Crippen molar-refractivity contribution in [2.45, 2.75) is 6.54 Å². The molecule has 0 spiro atoms. The highest BCUT2D eigenvalue weighted by atomic mass is 19.2. The smallest absolute Gasteiger partial charge is 0.251 e. The van der Waals surface area contributed by atoms with Crippen molar-refractivity contribution in [3.63, 3.8) is 0 Å². The summed E-state index contributed by atoms with van der Waals surface area (Å²) in [6, 6.07) is 4.70. The van der Waals surface area contributed by atoms with Crippen LogP contribution in [0.1, 0.15) is 5.69 Å². The molecular weight excluding hydrogens is 240 g/mol. The van der Waals surface area contributed by atoms with Crippen molar-refractivity contribution < 1.29 is 8.78 Å². The van der Waals surface area contributed by atoms with Gasteiger partial charge in [0, 0.05) is 18.2 Å². The summed E-state index contributed by atoms with van der Waals surface area (Å²) in [5.74, 6) is -1.70. The average molecular weight is 251 g/mol. The maximum Gasteiger partial charge on any atom is 0.251 e. The van der Waals surface area contributed by atoms with Crippen molar-refractivity contribution in [1.29, 1.82) is 0 Å². The number of rotatable bonds is 3. The van der Waals surface area contributed by atoms with Gasteiger partial charge in [0.25, 0.3) is 5.56 Å². The van der Waals surface area contributed by atoms with Gasteiger partial charge in [0.1, 0.15) is 5.82 Å². The molecule has 2 rings (SSSR count). The molecule has 0 bridgehead atoms. The maximum absolute atomic E-state index is 13.1. The Morgan fingerprint density at radius 2 is 2.06 bits per heavy atom. The molecule has 18 heavy (non-hydrogen) atoms. The molecule has 94 valence electrons. The van der Waals surface area contributed by atoms with Gasteiger partial charge in [-0.2, -0.15) is 0 Å². The Bertz CT molecular complexity index is 625. The molecule has 0 fully saturated rings. The molecular formula is C12H11F2N3O. The van der Waals surface area contributed by atoms with Crippen molar-refractivity contribution in [1.82, 2.24) is 15.3 Å². The number of benzene rings is 1. The number of halogens is 2. The molecule has 0 aliphatic rings. The van der Waals surface area contributed by atoms with E-state index < -0.39 is 11.6 Å². The summed E-state index contributed by atoms with van der Waals surface area (Å²) in [5, 5.41) is 2.86. The van der Waals surface area contributed by atoms with Gasteiger partial charge in [-0.3, -0.25) is 4.79 Å². The number of H-pyrrole nitrogens is 1. The first kappa shape index (κ1) is 12.4. The van der Waals surface area contributed by atoms with Crippen molar-refractivity contribution in [3.05, 3.63) is 51.9 Å². The summed E-state index contributed by atoms with van der Waals surface area (Å²) in [7, 11) is 1.72. The Labute approximate surface area is 102 Å². The average Bonchev–Trinajstić information content (AvgIpc) is 2.32. The standard InChI is InChI=1S/C12H11F2N3O/c1-15-6-8-5-11(18)17-12(16-8)7-2-3-9(13)10(14)4-7/h2-5,15H,6H2,1H3,(H,16,17,18). The number of aromatic amines is 1. The Kier molecular flexibility index (Phi) is 3.47. The largest absolute Gasteiger partial charge is 0.314 e. The first-order valence-corrected chi connectivity index (χ1v) is 5.30. The van der Waals surface area contributed by atoms with E-state index in [1.54, 1.807) is 7.05 Å². The molecule has 0 atom stereocenters. The van der Waals surface area contributed by atoms with Crippen LogP contribution in [0.5, 0.6) is 0 Å². The summed E-state index contributed by atoms with van der Waals surface area (Å²) >= 11 is 0. The van der Waals surface area contributed by atoms with Gasteiger partial charge >= 0.3 is 0 Å². The minimum atomic E-state index is -0.978. The van der Waals surface area contributed by atoms with E-state index in [2.05, 4.69) is 15.3 Å². The number of nitrogens with one attached hydrogen (secondary N) is 2. The van der Waals surface area contributed by atoms with Crippen LogP contribution in [0.2, 0.25) is 0 Å². The first-order chi connectivity index (χ1) is 8.60. The molecule has 0 aliphatic heterocycles. The molecule has 1 aromatic carbocycles. The number of nitrogens with zero attached hydrogens (tertiary/aromatic N) is 1. The fourth-order valence-electron chi connectivity index (χ4n) is 1.56. The second kappa shape index (κ2) is 5.05. The molecule has 1 heterocycles. The van der Waals surface area contributed by atoms with Gasteiger partial charge in [-0.05, 0) is 25.2 Å². The molecule has 0 radical (unpaired) electrons. The maximum atomic E-state index is 13.1. The zero-order valence-electron chi connectivity index (χ0n) is 9.63. The van der Waals surface area contributed by atoms with Gasteiger partial charge in [-0.25, -0.2) is 13.8 Å². The fourth-order valence-corrected chi connectivity index (χ4v) is 1.56. The highest BCUT2D eigenvalue weighted by Crippen LogP contribution is 2.17. The van der Waals surface area contributed by atoms with Crippen molar-refractivity contribution in [2.75, 3.05) is 7.05 Å². The van der Waals surface area contributed by atoms with Gasteiger partial charge in [0.05, 0.1) is 5.69 Å². The van der Waals surface area contributed by atoms with Crippen LogP contribution in [-0.4, -0.2) is 17.0 Å². The van der Waals surface area contributed by atoms with E-state index >= 15 is 0 Å². The minimum Gasteiger partial charge on any atom is -0.314 e. The van der Waals surface area contributed by atoms with Crippen LogP contribution in [0.15, 0.2) is 29.1 Å². The Morgan fingerprint density at radius 1 is 1.28 bits per heavy atom. The molecule has 2 aromatic rings. The van der Waals surface area contributed by atoms with Gasteiger partial charge < -0.3 is 10.3 Å². The van der Waals surface area contributed by atoms with Crippen LogP contribution in [0, 0.1) is 11.6 Å². The minimum absolute atomic E-state index is 0.214. The third kappa shape index (κ3) is 2.60. The van der Waals surface area contributed by atoms with E-state index in [-0.39, 0.29) is 11.4 Å². The van der Waals surface area contributed by atoms with Crippen LogP contribution in [0.4, 0.5) is 8.78 Å². The van der Waals surface area contributed by atoms with E-state index in [0.29, 0.717) is 17.8 Å². The predicted octanol–water partition coefficient (Wildman–Crippen LogP) is 1.43. The molecule has 6 heteroatoms. The second-order valence-corrected chi connectivity index (χ2v) is 3.74. The third-order valence-corrected chi connectivity index (χ3v) is 2.35. The van der Waals surface area contributed by atoms with Crippen LogP contribution >= 0.6 is 0 Å². The van der Waals surface area contributed by atoms with Gasteiger partial charge in [-0.1, -0.05) is 0 Å². The van der Waals surface area contributed by atoms with E-state index in [9.17, 15) is 13.6 Å². The Morgan fingerprint density at radius 3 is 2.72 bits per heavy atom. The van der Waals surface area contributed by atoms with Crippen LogP contribution in [-0.2, 0) is 6.54 Å². The molecule has 2 N–H and O–H groups in total. The highest BCUT2D eigenvalue weighted by Gasteiger charge is 2.07. The van der Waals surface area contributed by atoms with Crippen molar-refractivity contribution in [3.8, 4) is 11.4 Å². The molecule has 4 nitrogen and oxygen atoms in total. The SMILES string of the molecule is CNCc1cc(=O)[nH]c(-c2ccc(F)c(F)c2)n1. The van der Waals surface area contributed by atoms with E-state index in [4.69, 9.17) is 0 Å². The number of hydrogen-bond donors (Lipinski definition) is 2. The van der Waals surface area contributed by atoms with Gasteiger partial charge in [0.2, 0.25) is 0 Å². The first-order valence-electron chi connectivity index (χ1n) is 5.30. The second-order valence-electron chi connectivity index (χ2n) is 3.74. The van der Waals surface area contributed by atoms with Crippen molar-refractivity contribution in [2.24, 2.45) is 0 Å². The molecule has 0 unspecified atom stereocenters. The van der Waals surface area contributed by atoms with Crippen LogP contribution in [0.25, 0.3) is 11.4 Å². The van der Waals surface area contributed by atoms with Crippen LogP contribution < -0.4 is 10.9 Å². The highest BCUT2D eigenvalue weighted by molar-refractivity contribution is 5.54. The predicted molar refractivity (Wildman–Crippen MR) is 63.0 cm³/mol. The topological polar surface area (TPSA) is 57.8 Å². The fraction of sp³-hybridized carbons (Fsp3) is 0.167. The Hall–Kier alpha value is -2.08. The number of hydrogen-bond acceptors (Lipinski definition) is 3. The van der Waals surface area contributed by atoms with Crippen LogP contribution in [0.3, 0.4) is 0 Å². The molecule has 0 aliphatic carbocycles. The summed E-state index contributed by atoms with van der Waals surface area (Å²) < 4.78 is 25.9. The quantitative estimate of drug-likeness (QED) is 0.867. The lowest BCUT2D eigenvalue weighted by Crippen LogP contribution is -2.14. The van der Waals surface area contributed by atoms with E-state index in [1.807, 2.05) is 0 Å². The number of aromatic nitrogens is 2. The lowest BCUT2D eigenvalue weighted by molar-refractivity contribution is 0.509. The lowest BCUT2D eigenvalue weighted by atomic mass is 10.2. The molecule has 0 saturated heterocycles. The summed E-state index contributed by atoms with van der Waals surface area (Å²) in [6.07, 6.45) is 0. The Balaban J connectivity index is 2.49. The zero-order chi connectivity index (χ0) is 13.1. The van der Waals surface area contributed by atoms with Gasteiger partial charge in [0.15, 0.2) is 11.6 Å². The molecule has 1 aromatic heterocycles. The normalized spacial score (nSPS) is 10.6. The van der Waals surface area contributed by atoms with E-state index in [0.717, 1.165) is 12.1 Å². The summed E-state index contributed by atoms with van der Waals surface area (Å²) in [6.45, 7) is 0.417. The summed E-state index contributed by atoms with van der Waals surface area (Å²) in [4.78, 5) is 18.1. The van der Waals surface area contributed by atoms with Gasteiger partial charge in [-0.15, -0.1) is 0 Å². The lowest BCUT2D eigenvalue weighted by Gasteiger charge is -2.04. The summed E-state index contributed by atoms with van der Waals surface area (Å²) in [5.41, 5.74) is 0.514. The monoisotopic (exact) mass is 251 g/mol. The zero-order valence-corrected chi connectivity index (χ0v) is 9.63. The molecule has 0 amide bonds. The van der Waals surface area contributed by atoms with E-state index in [1.165, 1.54) is 12.1 Å². The molecule has 0 saturated carbocycles. The van der Waals surface area contributed by atoms with Crippen molar-refractivity contribution >= 4 is 0 Å². The third-order valence-electron chi connectivity index (χ3n) is 2.35.